The van der Waals surface area contributed by atoms with E-state index in [4.69, 9.17) is 5.11 Å². The second kappa shape index (κ2) is 4.79. The SMILES string of the molecule is O=C(O)c1ccnc(Nc2c(F)cccc2F)c1. The Kier molecular flexibility index (Phi) is 3.18. The molecule has 1 aromatic carbocycles. The summed E-state index contributed by atoms with van der Waals surface area (Å²) in [4.78, 5) is 14.5. The van der Waals surface area contributed by atoms with E-state index in [0.29, 0.717) is 0 Å². The predicted octanol–water partition coefficient (Wildman–Crippen LogP) is 2.80. The summed E-state index contributed by atoms with van der Waals surface area (Å²) in [6, 6.07) is 5.88. The Bertz CT molecular complexity index is 582. The van der Waals surface area contributed by atoms with Crippen molar-refractivity contribution < 1.29 is 18.7 Å². The lowest BCUT2D eigenvalue weighted by molar-refractivity contribution is 0.0697. The van der Waals surface area contributed by atoms with Crippen LogP contribution in [0, 0.1) is 11.6 Å². The Balaban J connectivity index is 2.34. The van der Waals surface area contributed by atoms with E-state index in [9.17, 15) is 13.6 Å². The highest BCUT2D eigenvalue weighted by molar-refractivity contribution is 5.88. The van der Waals surface area contributed by atoms with Crippen LogP contribution in [0.15, 0.2) is 36.5 Å². The van der Waals surface area contributed by atoms with Gasteiger partial charge in [-0.05, 0) is 24.3 Å². The number of aromatic carboxylic acids is 1. The van der Waals surface area contributed by atoms with Crippen molar-refractivity contribution in [2.75, 3.05) is 5.32 Å². The van der Waals surface area contributed by atoms with E-state index in [2.05, 4.69) is 10.3 Å². The largest absolute Gasteiger partial charge is 0.478 e. The Morgan fingerprint density at radius 1 is 1.22 bits per heavy atom. The maximum Gasteiger partial charge on any atom is 0.335 e. The number of anilines is 2. The summed E-state index contributed by atoms with van der Waals surface area (Å²) in [5, 5.41) is 11.2. The monoisotopic (exact) mass is 250 g/mol. The molecule has 0 saturated carbocycles. The van der Waals surface area contributed by atoms with Gasteiger partial charge in [0, 0.05) is 6.20 Å². The molecule has 18 heavy (non-hydrogen) atoms. The van der Waals surface area contributed by atoms with Crippen molar-refractivity contribution in [3.05, 3.63) is 53.7 Å². The molecule has 0 fully saturated rings. The molecule has 2 aromatic rings. The molecule has 0 radical (unpaired) electrons. The summed E-state index contributed by atoms with van der Waals surface area (Å²) >= 11 is 0. The first kappa shape index (κ1) is 12.0. The van der Waals surface area contributed by atoms with Crippen LogP contribution in [0.3, 0.4) is 0 Å². The number of aromatic nitrogens is 1. The maximum atomic E-state index is 13.3. The molecule has 2 N–H and O–H groups in total. The average molecular weight is 250 g/mol. The van der Waals surface area contributed by atoms with Gasteiger partial charge in [0.05, 0.1) is 5.56 Å². The number of hydrogen-bond acceptors (Lipinski definition) is 3. The van der Waals surface area contributed by atoms with Crippen molar-refractivity contribution >= 4 is 17.5 Å². The van der Waals surface area contributed by atoms with Gasteiger partial charge in [-0.3, -0.25) is 0 Å². The van der Waals surface area contributed by atoms with Crippen LogP contribution in [-0.2, 0) is 0 Å². The zero-order valence-electron chi connectivity index (χ0n) is 9.02. The molecule has 0 saturated heterocycles. The predicted molar refractivity (Wildman–Crippen MR) is 60.8 cm³/mol. The number of carboxylic acids is 1. The van der Waals surface area contributed by atoms with Crippen molar-refractivity contribution in [2.45, 2.75) is 0 Å². The second-order valence-electron chi connectivity index (χ2n) is 3.46. The maximum absolute atomic E-state index is 13.3. The minimum Gasteiger partial charge on any atom is -0.478 e. The Hall–Kier alpha value is -2.50. The fraction of sp³-hybridized carbons (Fsp3) is 0. The normalized spacial score (nSPS) is 10.1. The number of pyridine rings is 1. The molecular formula is C12H8F2N2O2. The molecule has 0 aliphatic rings. The third-order valence-electron chi connectivity index (χ3n) is 2.22. The summed E-state index contributed by atoms with van der Waals surface area (Å²) in [5.74, 6) is -2.65. The fourth-order valence-corrected chi connectivity index (χ4v) is 1.38. The minimum absolute atomic E-state index is 0.0238. The number of carboxylic acid groups (broad SMARTS) is 1. The molecule has 2 rings (SSSR count). The van der Waals surface area contributed by atoms with Crippen LogP contribution in [0.5, 0.6) is 0 Å². The van der Waals surface area contributed by atoms with Crippen LogP contribution >= 0.6 is 0 Å². The minimum atomic E-state index is -1.14. The first-order chi connectivity index (χ1) is 8.58. The van der Waals surface area contributed by atoms with Crippen molar-refractivity contribution in [3.8, 4) is 0 Å². The zero-order valence-corrected chi connectivity index (χ0v) is 9.02. The van der Waals surface area contributed by atoms with E-state index < -0.39 is 17.6 Å². The van der Waals surface area contributed by atoms with Crippen molar-refractivity contribution in [1.82, 2.24) is 4.98 Å². The van der Waals surface area contributed by atoms with E-state index in [1.165, 1.54) is 24.4 Å². The number of benzene rings is 1. The molecule has 6 heteroatoms. The van der Waals surface area contributed by atoms with Crippen molar-refractivity contribution in [1.29, 1.82) is 0 Å². The molecular weight excluding hydrogens is 242 g/mol. The van der Waals surface area contributed by atoms with Crippen LogP contribution in [0.4, 0.5) is 20.3 Å². The van der Waals surface area contributed by atoms with Gasteiger partial charge < -0.3 is 10.4 Å². The van der Waals surface area contributed by atoms with E-state index in [-0.39, 0.29) is 17.1 Å². The second-order valence-corrected chi connectivity index (χ2v) is 3.46. The number of nitrogens with zero attached hydrogens (tertiary/aromatic N) is 1. The molecule has 1 heterocycles. The van der Waals surface area contributed by atoms with Gasteiger partial charge in [-0.1, -0.05) is 6.07 Å². The number of rotatable bonds is 3. The Morgan fingerprint density at radius 3 is 2.50 bits per heavy atom. The molecule has 0 amide bonds. The summed E-state index contributed by atoms with van der Waals surface area (Å²) in [7, 11) is 0. The molecule has 1 aromatic heterocycles. The highest BCUT2D eigenvalue weighted by atomic mass is 19.1. The molecule has 4 nitrogen and oxygen atoms in total. The lowest BCUT2D eigenvalue weighted by Crippen LogP contribution is -2.02. The third-order valence-corrected chi connectivity index (χ3v) is 2.22. The van der Waals surface area contributed by atoms with E-state index >= 15 is 0 Å². The summed E-state index contributed by atoms with van der Waals surface area (Å²) in [6.45, 7) is 0. The van der Waals surface area contributed by atoms with Gasteiger partial charge in [-0.15, -0.1) is 0 Å². The molecule has 0 aliphatic carbocycles. The highest BCUT2D eigenvalue weighted by Gasteiger charge is 2.10. The zero-order chi connectivity index (χ0) is 13.1. The topological polar surface area (TPSA) is 62.2 Å². The van der Waals surface area contributed by atoms with Gasteiger partial charge in [0.15, 0.2) is 0 Å². The molecule has 0 atom stereocenters. The molecule has 0 unspecified atom stereocenters. The fourth-order valence-electron chi connectivity index (χ4n) is 1.38. The van der Waals surface area contributed by atoms with Crippen LogP contribution in [0.25, 0.3) is 0 Å². The van der Waals surface area contributed by atoms with Gasteiger partial charge in [0.1, 0.15) is 23.1 Å². The highest BCUT2D eigenvalue weighted by Crippen LogP contribution is 2.22. The standard InChI is InChI=1S/C12H8F2N2O2/c13-8-2-1-3-9(14)11(8)16-10-6-7(12(17)18)4-5-15-10/h1-6H,(H,15,16)(H,17,18). The number of carbonyl (C=O) groups is 1. The summed E-state index contributed by atoms with van der Waals surface area (Å²) in [6.07, 6.45) is 1.24. The van der Waals surface area contributed by atoms with Gasteiger partial charge >= 0.3 is 5.97 Å². The van der Waals surface area contributed by atoms with Crippen LogP contribution in [0.1, 0.15) is 10.4 Å². The smallest absolute Gasteiger partial charge is 0.335 e. The quantitative estimate of drug-likeness (QED) is 0.879. The first-order valence-electron chi connectivity index (χ1n) is 4.98. The van der Waals surface area contributed by atoms with Gasteiger partial charge in [-0.25, -0.2) is 18.6 Å². The Labute approximate surface area is 101 Å². The van der Waals surface area contributed by atoms with Gasteiger partial charge in [-0.2, -0.15) is 0 Å². The third kappa shape index (κ3) is 2.42. The van der Waals surface area contributed by atoms with E-state index in [0.717, 1.165) is 12.1 Å². The van der Waals surface area contributed by atoms with Gasteiger partial charge in [0.25, 0.3) is 0 Å². The average Bonchev–Trinajstić information content (AvgIpc) is 2.34. The first-order valence-corrected chi connectivity index (χ1v) is 4.98. The van der Waals surface area contributed by atoms with E-state index in [1.807, 2.05) is 0 Å². The number of nitrogens with one attached hydrogen (secondary N) is 1. The van der Waals surface area contributed by atoms with Crippen molar-refractivity contribution in [2.24, 2.45) is 0 Å². The molecule has 0 spiro atoms. The van der Waals surface area contributed by atoms with Crippen LogP contribution < -0.4 is 5.32 Å². The molecule has 0 aliphatic heterocycles. The Morgan fingerprint density at radius 2 is 1.89 bits per heavy atom. The van der Waals surface area contributed by atoms with Crippen LogP contribution in [-0.4, -0.2) is 16.1 Å². The van der Waals surface area contributed by atoms with Crippen molar-refractivity contribution in [3.63, 3.8) is 0 Å². The summed E-state index contributed by atoms with van der Waals surface area (Å²) in [5.41, 5.74) is -0.392. The lowest BCUT2D eigenvalue weighted by Gasteiger charge is -2.08. The number of halogens is 2. The van der Waals surface area contributed by atoms with E-state index in [1.54, 1.807) is 0 Å². The molecule has 92 valence electrons. The molecule has 0 bridgehead atoms. The van der Waals surface area contributed by atoms with Crippen LogP contribution in [0.2, 0.25) is 0 Å². The number of hydrogen-bond donors (Lipinski definition) is 2. The summed E-state index contributed by atoms with van der Waals surface area (Å²) < 4.78 is 26.7. The lowest BCUT2D eigenvalue weighted by atomic mass is 10.2. The van der Waals surface area contributed by atoms with Gasteiger partial charge in [0.2, 0.25) is 0 Å². The number of para-hydroxylation sites is 1.